The van der Waals surface area contributed by atoms with Crippen molar-refractivity contribution in [1.82, 2.24) is 0 Å². The molecule has 1 aliphatic rings. The Balaban J connectivity index is 2.22. The largest absolute Gasteiger partial charge is 0.508 e. The van der Waals surface area contributed by atoms with E-state index >= 15 is 0 Å². The van der Waals surface area contributed by atoms with E-state index in [9.17, 15) is 5.11 Å². The fraction of sp³-hybridized carbons (Fsp3) is 0.455. The van der Waals surface area contributed by atoms with Crippen LogP contribution in [0, 0.1) is 0 Å². The van der Waals surface area contributed by atoms with Crippen LogP contribution in [0.4, 0.5) is 11.4 Å². The first-order valence-electron chi connectivity index (χ1n) is 5.11. The van der Waals surface area contributed by atoms with Gasteiger partial charge in [0.2, 0.25) is 0 Å². The van der Waals surface area contributed by atoms with Crippen LogP contribution in [0.2, 0.25) is 0 Å². The van der Waals surface area contributed by atoms with E-state index in [1.165, 1.54) is 19.3 Å². The van der Waals surface area contributed by atoms with Crippen molar-refractivity contribution in [1.29, 1.82) is 0 Å². The minimum absolute atomic E-state index is 0.239. The van der Waals surface area contributed by atoms with Gasteiger partial charge < -0.3 is 15.7 Å². The van der Waals surface area contributed by atoms with E-state index < -0.39 is 0 Å². The Labute approximate surface area is 84.1 Å². The molecule has 0 aliphatic carbocycles. The number of nitrogen functional groups attached to an aromatic ring is 1. The molecule has 3 N–H and O–H groups in total. The van der Waals surface area contributed by atoms with Crippen LogP contribution in [0.25, 0.3) is 0 Å². The fourth-order valence-electron chi connectivity index (χ4n) is 1.96. The Morgan fingerprint density at radius 1 is 1.14 bits per heavy atom. The predicted octanol–water partition coefficient (Wildman–Crippen LogP) is 1.96. The molecule has 0 saturated carbocycles. The zero-order valence-electron chi connectivity index (χ0n) is 8.24. The predicted molar refractivity (Wildman–Crippen MR) is 58.6 cm³/mol. The van der Waals surface area contributed by atoms with E-state index in [-0.39, 0.29) is 5.75 Å². The van der Waals surface area contributed by atoms with Crippen LogP contribution in [-0.4, -0.2) is 18.2 Å². The molecule has 2 rings (SSSR count). The second-order valence-corrected chi connectivity index (χ2v) is 3.79. The zero-order valence-corrected chi connectivity index (χ0v) is 8.24. The minimum Gasteiger partial charge on any atom is -0.508 e. The maximum Gasteiger partial charge on any atom is 0.117 e. The third kappa shape index (κ3) is 1.76. The van der Waals surface area contributed by atoms with Crippen LogP contribution in [0.5, 0.6) is 5.75 Å². The molecule has 0 amide bonds. The van der Waals surface area contributed by atoms with Crippen LogP contribution in [0.1, 0.15) is 19.3 Å². The van der Waals surface area contributed by atoms with E-state index in [0.717, 1.165) is 18.8 Å². The Morgan fingerprint density at radius 2 is 1.86 bits per heavy atom. The third-order valence-corrected chi connectivity index (χ3v) is 2.71. The number of phenolic OH excluding ortho intramolecular Hbond substituents is 1. The quantitative estimate of drug-likeness (QED) is 0.669. The van der Waals surface area contributed by atoms with Gasteiger partial charge in [0.1, 0.15) is 5.75 Å². The first-order valence-corrected chi connectivity index (χ1v) is 5.11. The summed E-state index contributed by atoms with van der Waals surface area (Å²) in [5, 5.41) is 9.24. The van der Waals surface area contributed by atoms with Gasteiger partial charge in [0.25, 0.3) is 0 Å². The molecule has 76 valence electrons. The van der Waals surface area contributed by atoms with E-state index in [0.29, 0.717) is 5.69 Å². The first kappa shape index (κ1) is 9.19. The second kappa shape index (κ2) is 3.78. The summed E-state index contributed by atoms with van der Waals surface area (Å²) in [6.45, 7) is 2.16. The molecule has 0 atom stereocenters. The van der Waals surface area contributed by atoms with Gasteiger partial charge in [0.05, 0.1) is 11.4 Å². The number of rotatable bonds is 1. The van der Waals surface area contributed by atoms with Gasteiger partial charge in [0.15, 0.2) is 0 Å². The van der Waals surface area contributed by atoms with Crippen LogP contribution >= 0.6 is 0 Å². The zero-order chi connectivity index (χ0) is 9.97. The van der Waals surface area contributed by atoms with Crippen LogP contribution in [-0.2, 0) is 0 Å². The maximum absolute atomic E-state index is 9.24. The SMILES string of the molecule is Nc1cc(O)ccc1N1CCCCC1. The Hall–Kier alpha value is -1.38. The lowest BCUT2D eigenvalue weighted by Crippen LogP contribution is -2.29. The van der Waals surface area contributed by atoms with Crippen molar-refractivity contribution in [3.63, 3.8) is 0 Å². The molecule has 1 heterocycles. The van der Waals surface area contributed by atoms with Gasteiger partial charge in [-0.05, 0) is 31.4 Å². The fourth-order valence-corrected chi connectivity index (χ4v) is 1.96. The molecule has 1 aliphatic heterocycles. The maximum atomic E-state index is 9.24. The second-order valence-electron chi connectivity index (χ2n) is 3.79. The van der Waals surface area contributed by atoms with Crippen LogP contribution in [0.15, 0.2) is 18.2 Å². The van der Waals surface area contributed by atoms with Gasteiger partial charge in [-0.2, -0.15) is 0 Å². The van der Waals surface area contributed by atoms with Crippen molar-refractivity contribution in [2.75, 3.05) is 23.7 Å². The molecular formula is C11H16N2O. The number of nitrogens with two attached hydrogens (primary N) is 1. The van der Waals surface area contributed by atoms with E-state index in [4.69, 9.17) is 5.73 Å². The molecule has 0 aromatic heterocycles. The summed E-state index contributed by atoms with van der Waals surface area (Å²) in [6.07, 6.45) is 3.79. The van der Waals surface area contributed by atoms with E-state index in [1.54, 1.807) is 12.1 Å². The molecule has 0 unspecified atom stereocenters. The lowest BCUT2D eigenvalue weighted by Gasteiger charge is -2.29. The lowest BCUT2D eigenvalue weighted by molar-refractivity contribution is 0.475. The van der Waals surface area contributed by atoms with E-state index in [2.05, 4.69) is 4.90 Å². The van der Waals surface area contributed by atoms with Crippen molar-refractivity contribution >= 4 is 11.4 Å². The van der Waals surface area contributed by atoms with Gasteiger partial charge in [-0.15, -0.1) is 0 Å². The number of benzene rings is 1. The third-order valence-electron chi connectivity index (χ3n) is 2.71. The minimum atomic E-state index is 0.239. The van der Waals surface area contributed by atoms with Crippen LogP contribution < -0.4 is 10.6 Å². The average molecular weight is 192 g/mol. The summed E-state index contributed by atoms with van der Waals surface area (Å²) in [4.78, 5) is 2.29. The van der Waals surface area contributed by atoms with E-state index in [1.807, 2.05) is 6.07 Å². The highest BCUT2D eigenvalue weighted by Crippen LogP contribution is 2.28. The molecule has 1 saturated heterocycles. The number of aromatic hydroxyl groups is 1. The topological polar surface area (TPSA) is 49.5 Å². The van der Waals surface area contributed by atoms with Crippen molar-refractivity contribution in [3.05, 3.63) is 18.2 Å². The van der Waals surface area contributed by atoms with Crippen LogP contribution in [0.3, 0.4) is 0 Å². The monoisotopic (exact) mass is 192 g/mol. The van der Waals surface area contributed by atoms with Gasteiger partial charge in [-0.1, -0.05) is 0 Å². The molecule has 1 aromatic carbocycles. The number of phenols is 1. The number of nitrogens with zero attached hydrogens (tertiary/aromatic N) is 1. The highest BCUT2D eigenvalue weighted by Gasteiger charge is 2.13. The summed E-state index contributed by atoms with van der Waals surface area (Å²) in [7, 11) is 0. The van der Waals surface area contributed by atoms with Gasteiger partial charge >= 0.3 is 0 Å². The first-order chi connectivity index (χ1) is 6.77. The highest BCUT2D eigenvalue weighted by molar-refractivity contribution is 5.69. The Kier molecular flexibility index (Phi) is 2.48. The average Bonchev–Trinajstić information content (AvgIpc) is 2.19. The molecule has 1 fully saturated rings. The van der Waals surface area contributed by atoms with Crippen molar-refractivity contribution in [3.8, 4) is 5.75 Å². The van der Waals surface area contributed by atoms with Gasteiger partial charge in [-0.25, -0.2) is 0 Å². The molecule has 0 bridgehead atoms. The summed E-state index contributed by atoms with van der Waals surface area (Å²) in [5.74, 6) is 0.239. The van der Waals surface area contributed by atoms with Crippen molar-refractivity contribution in [2.45, 2.75) is 19.3 Å². The number of piperidine rings is 1. The highest BCUT2D eigenvalue weighted by atomic mass is 16.3. The van der Waals surface area contributed by atoms with Crippen molar-refractivity contribution < 1.29 is 5.11 Å². The molecular weight excluding hydrogens is 176 g/mol. The molecule has 0 radical (unpaired) electrons. The van der Waals surface area contributed by atoms with Crippen molar-refractivity contribution in [2.24, 2.45) is 0 Å². The summed E-state index contributed by atoms with van der Waals surface area (Å²) < 4.78 is 0. The van der Waals surface area contributed by atoms with Gasteiger partial charge in [-0.3, -0.25) is 0 Å². The molecule has 3 nitrogen and oxygen atoms in total. The Bertz CT molecular complexity index is 319. The van der Waals surface area contributed by atoms with Gasteiger partial charge in [0, 0.05) is 19.2 Å². The molecule has 3 heteroatoms. The smallest absolute Gasteiger partial charge is 0.117 e. The molecule has 0 spiro atoms. The summed E-state index contributed by atoms with van der Waals surface area (Å²) >= 11 is 0. The summed E-state index contributed by atoms with van der Waals surface area (Å²) in [6, 6.07) is 5.21. The standard InChI is InChI=1S/C11H16N2O/c12-10-8-9(14)4-5-11(10)13-6-2-1-3-7-13/h4-5,8,14H,1-3,6-7,12H2. The number of anilines is 2. The lowest BCUT2D eigenvalue weighted by atomic mass is 10.1. The molecule has 1 aromatic rings. The number of hydrogen-bond donors (Lipinski definition) is 2. The number of hydrogen-bond acceptors (Lipinski definition) is 3. The summed E-state index contributed by atoms with van der Waals surface area (Å²) in [5.41, 5.74) is 7.58. The normalized spacial score (nSPS) is 17.0. The Morgan fingerprint density at radius 3 is 2.50 bits per heavy atom. The molecule has 14 heavy (non-hydrogen) atoms.